The van der Waals surface area contributed by atoms with E-state index < -0.39 is 0 Å². The van der Waals surface area contributed by atoms with Crippen molar-refractivity contribution < 1.29 is 9.53 Å². The van der Waals surface area contributed by atoms with Crippen LogP contribution in [0.5, 0.6) is 5.75 Å². The molecule has 4 nitrogen and oxygen atoms in total. The molecular weight excluding hydrogens is 252 g/mol. The highest BCUT2D eigenvalue weighted by molar-refractivity contribution is 5.78. The van der Waals surface area contributed by atoms with Gasteiger partial charge in [-0.1, -0.05) is 18.2 Å². The Labute approximate surface area is 119 Å². The van der Waals surface area contributed by atoms with Gasteiger partial charge in [0.2, 0.25) is 5.91 Å². The highest BCUT2D eigenvalue weighted by Gasteiger charge is 2.24. The molecule has 1 aromatic carbocycles. The van der Waals surface area contributed by atoms with Crippen molar-refractivity contribution in [2.45, 2.75) is 44.7 Å². The maximum Gasteiger partial charge on any atom is 0.234 e. The first-order valence-corrected chi connectivity index (χ1v) is 7.49. The van der Waals surface area contributed by atoms with Crippen LogP contribution in [-0.2, 0) is 4.79 Å². The van der Waals surface area contributed by atoms with Crippen molar-refractivity contribution in [2.75, 3.05) is 13.2 Å². The lowest BCUT2D eigenvalue weighted by molar-refractivity contribution is -0.120. The van der Waals surface area contributed by atoms with Gasteiger partial charge in [-0.15, -0.1) is 0 Å². The summed E-state index contributed by atoms with van der Waals surface area (Å²) in [5, 5.41) is 6.40. The molecule has 1 saturated carbocycles. The number of hydrogen-bond donors (Lipinski definition) is 2. The first kappa shape index (κ1) is 13.4. The summed E-state index contributed by atoms with van der Waals surface area (Å²) >= 11 is 0. The Morgan fingerprint density at radius 2 is 2.20 bits per heavy atom. The number of aryl methyl sites for hydroxylation is 1. The van der Waals surface area contributed by atoms with E-state index in [2.05, 4.69) is 35.8 Å². The van der Waals surface area contributed by atoms with E-state index in [9.17, 15) is 4.79 Å². The molecule has 108 valence electrons. The second-order valence-corrected chi connectivity index (χ2v) is 5.76. The zero-order chi connectivity index (χ0) is 13.9. The summed E-state index contributed by atoms with van der Waals surface area (Å²) in [7, 11) is 0. The molecule has 1 unspecified atom stereocenters. The fraction of sp³-hybridized carbons (Fsp3) is 0.562. The maximum absolute atomic E-state index is 11.8. The molecule has 20 heavy (non-hydrogen) atoms. The SMILES string of the molecule is Cc1cccc2c1OCCCC2NCC(=O)NC1CC1. The van der Waals surface area contributed by atoms with E-state index in [1.807, 2.05) is 0 Å². The summed E-state index contributed by atoms with van der Waals surface area (Å²) in [5.41, 5.74) is 2.35. The van der Waals surface area contributed by atoms with Gasteiger partial charge in [0, 0.05) is 17.6 Å². The number of fused-ring (bicyclic) bond motifs is 1. The molecule has 1 fully saturated rings. The fourth-order valence-corrected chi connectivity index (χ4v) is 2.70. The number of carbonyl (C=O) groups excluding carboxylic acids is 1. The molecule has 1 aliphatic carbocycles. The minimum absolute atomic E-state index is 0.104. The van der Waals surface area contributed by atoms with Crippen molar-refractivity contribution in [2.24, 2.45) is 0 Å². The van der Waals surface area contributed by atoms with E-state index in [4.69, 9.17) is 4.74 Å². The zero-order valence-corrected chi connectivity index (χ0v) is 11.9. The third kappa shape index (κ3) is 3.12. The topological polar surface area (TPSA) is 50.4 Å². The minimum Gasteiger partial charge on any atom is -0.493 e. The first-order chi connectivity index (χ1) is 9.74. The van der Waals surface area contributed by atoms with Crippen LogP contribution in [0.2, 0.25) is 0 Å². The number of hydrogen-bond acceptors (Lipinski definition) is 3. The van der Waals surface area contributed by atoms with Crippen molar-refractivity contribution in [1.29, 1.82) is 0 Å². The van der Waals surface area contributed by atoms with E-state index in [1.54, 1.807) is 0 Å². The molecule has 1 aromatic rings. The van der Waals surface area contributed by atoms with Gasteiger partial charge < -0.3 is 15.4 Å². The van der Waals surface area contributed by atoms with Crippen molar-refractivity contribution in [1.82, 2.24) is 10.6 Å². The zero-order valence-electron chi connectivity index (χ0n) is 11.9. The van der Waals surface area contributed by atoms with Crippen LogP contribution in [0.15, 0.2) is 18.2 Å². The van der Waals surface area contributed by atoms with Crippen LogP contribution in [0.25, 0.3) is 0 Å². The molecule has 1 aliphatic heterocycles. The Morgan fingerprint density at radius 1 is 1.35 bits per heavy atom. The van der Waals surface area contributed by atoms with Crippen LogP contribution in [0.4, 0.5) is 0 Å². The van der Waals surface area contributed by atoms with Gasteiger partial charge in [-0.05, 0) is 38.2 Å². The highest BCUT2D eigenvalue weighted by atomic mass is 16.5. The van der Waals surface area contributed by atoms with E-state index in [-0.39, 0.29) is 11.9 Å². The van der Waals surface area contributed by atoms with Gasteiger partial charge >= 0.3 is 0 Å². The molecule has 1 amide bonds. The Kier molecular flexibility index (Phi) is 3.92. The molecule has 4 heteroatoms. The van der Waals surface area contributed by atoms with Crippen LogP contribution in [0, 0.1) is 6.92 Å². The quantitative estimate of drug-likeness (QED) is 0.884. The maximum atomic E-state index is 11.8. The van der Waals surface area contributed by atoms with Crippen LogP contribution >= 0.6 is 0 Å². The number of amides is 1. The average Bonchev–Trinajstić information content (AvgIpc) is 3.24. The van der Waals surface area contributed by atoms with Gasteiger partial charge in [0.25, 0.3) is 0 Å². The molecule has 1 atom stereocenters. The largest absolute Gasteiger partial charge is 0.493 e. The summed E-state index contributed by atoms with van der Waals surface area (Å²) in [6.07, 6.45) is 4.28. The van der Waals surface area contributed by atoms with Crippen molar-refractivity contribution >= 4 is 5.91 Å². The lowest BCUT2D eigenvalue weighted by Crippen LogP contribution is -2.36. The van der Waals surface area contributed by atoms with Gasteiger partial charge in [0.05, 0.1) is 13.2 Å². The van der Waals surface area contributed by atoms with E-state index in [1.165, 1.54) is 11.1 Å². The van der Waals surface area contributed by atoms with Crippen LogP contribution in [0.1, 0.15) is 42.9 Å². The molecule has 0 saturated heterocycles. The Balaban J connectivity index is 1.66. The fourth-order valence-electron chi connectivity index (χ4n) is 2.70. The number of ether oxygens (including phenoxy) is 1. The molecule has 2 aliphatic rings. The Morgan fingerprint density at radius 3 is 3.00 bits per heavy atom. The van der Waals surface area contributed by atoms with Gasteiger partial charge in [-0.2, -0.15) is 0 Å². The minimum atomic E-state index is 0.104. The first-order valence-electron chi connectivity index (χ1n) is 7.49. The lowest BCUT2D eigenvalue weighted by atomic mass is 10.00. The third-order valence-electron chi connectivity index (χ3n) is 3.95. The number of carbonyl (C=O) groups is 1. The molecule has 0 aromatic heterocycles. The van der Waals surface area contributed by atoms with E-state index >= 15 is 0 Å². The Hall–Kier alpha value is -1.55. The Bertz CT molecular complexity index is 497. The van der Waals surface area contributed by atoms with Gasteiger partial charge in [-0.25, -0.2) is 0 Å². The van der Waals surface area contributed by atoms with E-state index in [0.717, 1.165) is 38.0 Å². The van der Waals surface area contributed by atoms with Gasteiger partial charge in [-0.3, -0.25) is 4.79 Å². The van der Waals surface area contributed by atoms with Crippen molar-refractivity contribution in [3.05, 3.63) is 29.3 Å². The normalized spacial score (nSPS) is 21.6. The number of rotatable bonds is 4. The smallest absolute Gasteiger partial charge is 0.234 e. The second kappa shape index (κ2) is 5.83. The third-order valence-corrected chi connectivity index (χ3v) is 3.95. The van der Waals surface area contributed by atoms with Crippen molar-refractivity contribution in [3.8, 4) is 5.75 Å². The number of para-hydroxylation sites is 1. The van der Waals surface area contributed by atoms with Crippen LogP contribution in [-0.4, -0.2) is 25.1 Å². The molecular formula is C16H22N2O2. The molecule has 2 N–H and O–H groups in total. The highest BCUT2D eigenvalue weighted by Crippen LogP contribution is 2.33. The molecule has 1 heterocycles. The molecule has 0 bridgehead atoms. The summed E-state index contributed by atoms with van der Waals surface area (Å²) < 4.78 is 5.85. The van der Waals surface area contributed by atoms with Crippen LogP contribution in [0.3, 0.4) is 0 Å². The summed E-state index contributed by atoms with van der Waals surface area (Å²) in [4.78, 5) is 11.8. The number of benzene rings is 1. The predicted molar refractivity (Wildman–Crippen MR) is 77.8 cm³/mol. The van der Waals surface area contributed by atoms with E-state index in [0.29, 0.717) is 12.6 Å². The second-order valence-electron chi connectivity index (χ2n) is 5.76. The summed E-state index contributed by atoms with van der Waals surface area (Å²) in [6.45, 7) is 3.21. The van der Waals surface area contributed by atoms with Crippen LogP contribution < -0.4 is 15.4 Å². The summed E-state index contributed by atoms with van der Waals surface area (Å²) in [6, 6.07) is 6.86. The molecule has 0 spiro atoms. The molecule has 0 radical (unpaired) electrons. The average molecular weight is 274 g/mol. The summed E-state index contributed by atoms with van der Waals surface area (Å²) in [5.74, 6) is 1.09. The standard InChI is InChI=1S/C16H22N2O2/c1-11-4-2-5-13-14(6-3-9-20-16(11)13)17-10-15(19)18-12-7-8-12/h2,4-5,12,14,17H,3,6-10H2,1H3,(H,18,19). The molecule has 3 rings (SSSR count). The predicted octanol–water partition coefficient (Wildman–Crippen LogP) is 2.08. The van der Waals surface area contributed by atoms with Gasteiger partial charge in [0.1, 0.15) is 5.75 Å². The van der Waals surface area contributed by atoms with Gasteiger partial charge in [0.15, 0.2) is 0 Å². The monoisotopic (exact) mass is 274 g/mol. The lowest BCUT2D eigenvalue weighted by Gasteiger charge is -2.19. The van der Waals surface area contributed by atoms with Crippen molar-refractivity contribution in [3.63, 3.8) is 0 Å². The number of nitrogens with one attached hydrogen (secondary N) is 2.